The number of hydrogen-bond donors (Lipinski definition) is 1. The fourth-order valence-corrected chi connectivity index (χ4v) is 1.58. The van der Waals surface area contributed by atoms with E-state index < -0.39 is 0 Å². The van der Waals surface area contributed by atoms with Gasteiger partial charge in [-0.05, 0) is 28.8 Å². The average Bonchev–Trinajstić information content (AvgIpc) is 2.24. The van der Waals surface area contributed by atoms with Gasteiger partial charge in [-0.3, -0.25) is 9.36 Å². The molecule has 0 saturated carbocycles. The Morgan fingerprint density at radius 1 is 1.50 bits per heavy atom. The first-order valence-electron chi connectivity index (χ1n) is 5.45. The Morgan fingerprint density at radius 3 is 2.81 bits per heavy atom. The van der Waals surface area contributed by atoms with Crippen molar-refractivity contribution in [3.05, 3.63) is 27.4 Å². The largest absolute Gasteiger partial charge is 0.312 e. The minimum atomic E-state index is -0.0333. The minimum Gasteiger partial charge on any atom is -0.312 e. The third kappa shape index (κ3) is 3.72. The normalized spacial score (nSPS) is 13.1. The molecule has 0 aliphatic rings. The van der Waals surface area contributed by atoms with Crippen molar-refractivity contribution < 1.29 is 0 Å². The molecule has 0 aliphatic carbocycles. The van der Waals surface area contributed by atoms with E-state index in [2.05, 4.69) is 47.0 Å². The molecular weight excluding hydrogens is 270 g/mol. The van der Waals surface area contributed by atoms with Crippen LogP contribution in [0, 0.1) is 5.92 Å². The van der Waals surface area contributed by atoms with Gasteiger partial charge in [0.05, 0.1) is 6.33 Å². The second-order valence-corrected chi connectivity index (χ2v) is 5.08. The van der Waals surface area contributed by atoms with Crippen LogP contribution in [-0.4, -0.2) is 22.1 Å². The van der Waals surface area contributed by atoms with E-state index >= 15 is 0 Å². The van der Waals surface area contributed by atoms with E-state index in [0.29, 0.717) is 23.0 Å². The SMILES string of the molecule is CC(C)C(C)NCCn1cncc(Br)c1=O. The van der Waals surface area contributed by atoms with Crippen LogP contribution in [0.15, 0.2) is 21.8 Å². The molecule has 5 heteroatoms. The predicted molar refractivity (Wildman–Crippen MR) is 68.5 cm³/mol. The van der Waals surface area contributed by atoms with Crippen LogP contribution in [0.1, 0.15) is 20.8 Å². The van der Waals surface area contributed by atoms with Gasteiger partial charge in [-0.25, -0.2) is 4.98 Å². The van der Waals surface area contributed by atoms with Gasteiger partial charge in [0.25, 0.3) is 5.56 Å². The number of hydrogen-bond acceptors (Lipinski definition) is 3. The highest BCUT2D eigenvalue weighted by Gasteiger charge is 2.06. The fraction of sp³-hybridized carbons (Fsp3) is 0.636. The van der Waals surface area contributed by atoms with Gasteiger partial charge in [-0.15, -0.1) is 0 Å². The summed E-state index contributed by atoms with van der Waals surface area (Å²) in [6.07, 6.45) is 3.08. The summed E-state index contributed by atoms with van der Waals surface area (Å²) in [6.45, 7) is 7.90. The fourth-order valence-electron chi connectivity index (χ4n) is 1.23. The summed E-state index contributed by atoms with van der Waals surface area (Å²) >= 11 is 3.17. The van der Waals surface area contributed by atoms with Crippen molar-refractivity contribution >= 4 is 15.9 Å². The molecular formula is C11H18BrN3O. The van der Waals surface area contributed by atoms with Gasteiger partial charge in [0.2, 0.25) is 0 Å². The van der Waals surface area contributed by atoms with Crippen molar-refractivity contribution in [2.45, 2.75) is 33.4 Å². The van der Waals surface area contributed by atoms with E-state index in [1.54, 1.807) is 10.9 Å². The van der Waals surface area contributed by atoms with Crippen LogP contribution in [0.5, 0.6) is 0 Å². The summed E-state index contributed by atoms with van der Waals surface area (Å²) in [5.74, 6) is 0.595. The number of nitrogens with one attached hydrogen (secondary N) is 1. The third-order valence-corrected chi connectivity index (χ3v) is 3.22. The minimum absolute atomic E-state index is 0.0333. The molecule has 0 spiro atoms. The Hall–Kier alpha value is -0.680. The van der Waals surface area contributed by atoms with Crippen LogP contribution in [0.2, 0.25) is 0 Å². The first-order chi connectivity index (χ1) is 7.52. The lowest BCUT2D eigenvalue weighted by Gasteiger charge is -2.17. The van der Waals surface area contributed by atoms with Gasteiger partial charge >= 0.3 is 0 Å². The van der Waals surface area contributed by atoms with E-state index in [9.17, 15) is 4.79 Å². The van der Waals surface area contributed by atoms with Crippen LogP contribution in [0.4, 0.5) is 0 Å². The third-order valence-electron chi connectivity index (χ3n) is 2.68. The second-order valence-electron chi connectivity index (χ2n) is 4.23. The standard InChI is InChI=1S/C11H18BrN3O/c1-8(2)9(3)14-4-5-15-7-13-6-10(12)11(15)16/h6-9,14H,4-5H2,1-3H3. The van der Waals surface area contributed by atoms with E-state index in [0.717, 1.165) is 6.54 Å². The molecule has 1 aromatic heterocycles. The lowest BCUT2D eigenvalue weighted by atomic mass is 10.1. The van der Waals surface area contributed by atoms with Gasteiger partial charge in [0, 0.05) is 25.3 Å². The van der Waals surface area contributed by atoms with Crippen molar-refractivity contribution in [1.82, 2.24) is 14.9 Å². The van der Waals surface area contributed by atoms with E-state index in [1.807, 2.05) is 0 Å². The molecule has 16 heavy (non-hydrogen) atoms. The molecule has 0 bridgehead atoms. The van der Waals surface area contributed by atoms with Crippen molar-refractivity contribution in [1.29, 1.82) is 0 Å². The lowest BCUT2D eigenvalue weighted by Crippen LogP contribution is -2.35. The molecule has 4 nitrogen and oxygen atoms in total. The van der Waals surface area contributed by atoms with E-state index in [4.69, 9.17) is 0 Å². The smallest absolute Gasteiger partial charge is 0.267 e. The summed E-state index contributed by atoms with van der Waals surface area (Å²) in [4.78, 5) is 15.6. The van der Waals surface area contributed by atoms with Crippen molar-refractivity contribution in [2.75, 3.05) is 6.54 Å². The molecule has 1 heterocycles. The van der Waals surface area contributed by atoms with Crippen LogP contribution in [0.3, 0.4) is 0 Å². The van der Waals surface area contributed by atoms with Gasteiger partial charge in [-0.2, -0.15) is 0 Å². The van der Waals surface area contributed by atoms with Crippen molar-refractivity contribution in [3.63, 3.8) is 0 Å². The Morgan fingerprint density at radius 2 is 2.19 bits per heavy atom. The van der Waals surface area contributed by atoms with Gasteiger partial charge in [0.15, 0.2) is 0 Å². The van der Waals surface area contributed by atoms with Crippen LogP contribution < -0.4 is 10.9 Å². The topological polar surface area (TPSA) is 46.9 Å². The summed E-state index contributed by atoms with van der Waals surface area (Å²) in [6, 6.07) is 0.454. The molecule has 0 saturated heterocycles. The Bertz CT molecular complexity index is 389. The second kappa shape index (κ2) is 6.15. The summed E-state index contributed by atoms with van der Waals surface area (Å²) in [5.41, 5.74) is -0.0333. The quantitative estimate of drug-likeness (QED) is 0.896. The Labute approximate surface area is 104 Å². The zero-order chi connectivity index (χ0) is 12.1. The summed E-state index contributed by atoms with van der Waals surface area (Å²) in [7, 11) is 0. The summed E-state index contributed by atoms with van der Waals surface area (Å²) in [5, 5.41) is 3.37. The maximum atomic E-state index is 11.6. The van der Waals surface area contributed by atoms with Gasteiger partial charge in [-0.1, -0.05) is 13.8 Å². The number of aromatic nitrogens is 2. The molecule has 1 unspecified atom stereocenters. The van der Waals surface area contributed by atoms with Crippen molar-refractivity contribution in [3.8, 4) is 0 Å². The highest BCUT2D eigenvalue weighted by Crippen LogP contribution is 2.00. The van der Waals surface area contributed by atoms with Crippen molar-refractivity contribution in [2.24, 2.45) is 5.92 Å². The predicted octanol–water partition coefficient (Wildman–Crippen LogP) is 1.64. The molecule has 0 radical (unpaired) electrons. The number of nitrogens with zero attached hydrogens (tertiary/aromatic N) is 2. The highest BCUT2D eigenvalue weighted by molar-refractivity contribution is 9.10. The molecule has 1 rings (SSSR count). The van der Waals surface area contributed by atoms with Gasteiger partial charge < -0.3 is 5.32 Å². The summed E-state index contributed by atoms with van der Waals surface area (Å²) < 4.78 is 2.11. The van der Waals surface area contributed by atoms with Crippen LogP contribution >= 0.6 is 15.9 Å². The van der Waals surface area contributed by atoms with Crippen LogP contribution in [-0.2, 0) is 6.54 Å². The van der Waals surface area contributed by atoms with Gasteiger partial charge in [0.1, 0.15) is 4.47 Å². The van der Waals surface area contributed by atoms with Crippen LogP contribution in [0.25, 0.3) is 0 Å². The zero-order valence-corrected chi connectivity index (χ0v) is 11.5. The van der Waals surface area contributed by atoms with E-state index in [-0.39, 0.29) is 5.56 Å². The Kier molecular flexibility index (Phi) is 5.15. The number of rotatable bonds is 5. The molecule has 0 fully saturated rings. The molecule has 0 amide bonds. The molecule has 0 aliphatic heterocycles. The molecule has 0 aromatic carbocycles. The van der Waals surface area contributed by atoms with E-state index in [1.165, 1.54) is 6.20 Å². The molecule has 1 atom stereocenters. The maximum absolute atomic E-state index is 11.6. The first-order valence-corrected chi connectivity index (χ1v) is 6.25. The first kappa shape index (κ1) is 13.4. The zero-order valence-electron chi connectivity index (χ0n) is 9.90. The lowest BCUT2D eigenvalue weighted by molar-refractivity contribution is 0.414. The number of halogens is 1. The molecule has 1 N–H and O–H groups in total. The average molecular weight is 288 g/mol. The molecule has 1 aromatic rings. The molecule has 90 valence electrons. The maximum Gasteiger partial charge on any atom is 0.267 e. The Balaban J connectivity index is 2.50. The monoisotopic (exact) mass is 287 g/mol. The highest BCUT2D eigenvalue weighted by atomic mass is 79.9.